The molecule has 0 fully saturated rings. The van der Waals surface area contributed by atoms with Crippen LogP contribution in [0.4, 0.5) is 0 Å². The van der Waals surface area contributed by atoms with E-state index >= 15 is 0 Å². The molecule has 298 valence electrons. The van der Waals surface area contributed by atoms with E-state index in [2.05, 4.69) is 21.3 Å². The molecule has 4 bridgehead atoms. The first-order valence-corrected chi connectivity index (χ1v) is 18.4. The first-order valence-electron chi connectivity index (χ1n) is 18.4. The van der Waals surface area contributed by atoms with E-state index in [1.165, 1.54) is 18.9 Å². The Morgan fingerprint density at radius 2 is 1.57 bits per heavy atom. The lowest BCUT2D eigenvalue weighted by Gasteiger charge is -2.32. The number of carbonyl (C=O) groups excluding carboxylic acids is 5. The average Bonchev–Trinajstić information content (AvgIpc) is 3.17. The zero-order valence-corrected chi connectivity index (χ0v) is 32.1. The van der Waals surface area contributed by atoms with E-state index in [1.807, 2.05) is 19.1 Å². The molecule has 4 atom stereocenters. The summed E-state index contributed by atoms with van der Waals surface area (Å²) in [5.41, 5.74) is 21.5. The third-order valence-corrected chi connectivity index (χ3v) is 9.24. The molecule has 1 aliphatic heterocycles. The lowest BCUT2D eigenvalue weighted by molar-refractivity contribution is -0.141. The number of nitrogens with zero attached hydrogens (tertiary/aromatic N) is 2. The van der Waals surface area contributed by atoms with Gasteiger partial charge in [-0.3, -0.25) is 24.0 Å². The van der Waals surface area contributed by atoms with Crippen LogP contribution in [0.3, 0.4) is 0 Å². The predicted octanol–water partition coefficient (Wildman–Crippen LogP) is 0.478. The van der Waals surface area contributed by atoms with Gasteiger partial charge in [-0.2, -0.15) is 5.26 Å². The van der Waals surface area contributed by atoms with E-state index in [0.717, 1.165) is 11.1 Å². The molecule has 3 aromatic rings. The number of aryl methyl sites for hydroxylation is 2. The van der Waals surface area contributed by atoms with Crippen molar-refractivity contribution in [3.8, 4) is 28.7 Å². The molecule has 3 aromatic carbocycles. The van der Waals surface area contributed by atoms with Gasteiger partial charge in [-0.1, -0.05) is 29.8 Å². The van der Waals surface area contributed by atoms with Crippen molar-refractivity contribution < 1.29 is 33.4 Å². The molecule has 4 rings (SSSR count). The van der Waals surface area contributed by atoms with Crippen LogP contribution in [0.5, 0.6) is 11.5 Å². The summed E-state index contributed by atoms with van der Waals surface area (Å²) >= 11 is 0. The van der Waals surface area contributed by atoms with Gasteiger partial charge in [0.2, 0.25) is 23.6 Å². The quantitative estimate of drug-likeness (QED) is 0.111. The topological polar surface area (TPSA) is 257 Å². The SMILES string of the molecule is Cc1ccc(C(=O)N[C@@H](CCN)C(=O)N(C)[C@@H]2C(=O)N[C@@H](C)C(=O)N[C@H](C(=O)NCC#N)Cc3ccc(OCCN)c(c3)-c3cc2ccc3OCCN)c(C)c1. The molecule has 0 spiro atoms. The van der Waals surface area contributed by atoms with E-state index in [0.29, 0.717) is 39.3 Å². The monoisotopic (exact) mass is 769 g/mol. The number of hydrogen-bond acceptors (Lipinski definition) is 11. The molecule has 0 saturated carbocycles. The lowest BCUT2D eigenvalue weighted by atomic mass is 9.93. The van der Waals surface area contributed by atoms with Gasteiger partial charge in [0.1, 0.15) is 55.4 Å². The second kappa shape index (κ2) is 20.1. The summed E-state index contributed by atoms with van der Waals surface area (Å²) in [5.74, 6) is -2.32. The Balaban J connectivity index is 1.89. The maximum atomic E-state index is 14.4. The maximum Gasteiger partial charge on any atom is 0.252 e. The van der Waals surface area contributed by atoms with Gasteiger partial charge in [0.15, 0.2) is 0 Å². The van der Waals surface area contributed by atoms with Crippen LogP contribution in [0.1, 0.15) is 52.0 Å². The highest BCUT2D eigenvalue weighted by Gasteiger charge is 2.36. The molecule has 5 amide bonds. The number of nitrogens with two attached hydrogens (primary N) is 3. The molecule has 0 saturated heterocycles. The average molecular weight is 770 g/mol. The third-order valence-electron chi connectivity index (χ3n) is 9.24. The fourth-order valence-corrected chi connectivity index (χ4v) is 6.43. The predicted molar refractivity (Wildman–Crippen MR) is 209 cm³/mol. The summed E-state index contributed by atoms with van der Waals surface area (Å²) in [5, 5.41) is 19.8. The largest absolute Gasteiger partial charge is 0.492 e. The number of nitrogens with one attached hydrogen (secondary N) is 4. The Hall–Kier alpha value is -6.02. The summed E-state index contributed by atoms with van der Waals surface area (Å²) in [6, 6.07) is 12.6. The van der Waals surface area contributed by atoms with Crippen LogP contribution in [-0.2, 0) is 25.6 Å². The molecule has 56 heavy (non-hydrogen) atoms. The highest BCUT2D eigenvalue weighted by atomic mass is 16.5. The number of ether oxygens (including phenoxy) is 2. The van der Waals surface area contributed by atoms with Gasteiger partial charge >= 0.3 is 0 Å². The second-order valence-corrected chi connectivity index (χ2v) is 13.5. The highest BCUT2D eigenvalue weighted by molar-refractivity contribution is 6.00. The van der Waals surface area contributed by atoms with Crippen molar-refractivity contribution in [3.63, 3.8) is 0 Å². The molecular weight excluding hydrogens is 718 g/mol. The van der Waals surface area contributed by atoms with Gasteiger partial charge in [0.05, 0.1) is 6.07 Å². The Kier molecular flexibility index (Phi) is 15.3. The summed E-state index contributed by atoms with van der Waals surface area (Å²) in [6.45, 7) is 5.64. The van der Waals surface area contributed by atoms with E-state index in [1.54, 1.807) is 55.5 Å². The Morgan fingerprint density at radius 3 is 2.20 bits per heavy atom. The van der Waals surface area contributed by atoms with Crippen molar-refractivity contribution >= 4 is 29.5 Å². The smallest absolute Gasteiger partial charge is 0.252 e. The molecular formula is C40H51N9O7. The molecule has 0 aromatic heterocycles. The minimum absolute atomic E-state index is 0.0166. The van der Waals surface area contributed by atoms with Gasteiger partial charge < -0.3 is 52.8 Å². The van der Waals surface area contributed by atoms with Crippen LogP contribution >= 0.6 is 0 Å². The number of amides is 5. The lowest BCUT2D eigenvalue weighted by Crippen LogP contribution is -2.56. The first-order chi connectivity index (χ1) is 26.8. The molecule has 1 heterocycles. The van der Waals surface area contributed by atoms with Gasteiger partial charge in [0, 0.05) is 43.2 Å². The molecule has 10 N–H and O–H groups in total. The minimum Gasteiger partial charge on any atom is -0.492 e. The fraction of sp³-hybridized carbons (Fsp3) is 0.400. The van der Waals surface area contributed by atoms with Gasteiger partial charge in [-0.25, -0.2) is 0 Å². The number of rotatable bonds is 14. The van der Waals surface area contributed by atoms with Crippen LogP contribution in [0.15, 0.2) is 54.6 Å². The Bertz CT molecular complexity index is 1960. The van der Waals surface area contributed by atoms with Crippen LogP contribution in [0, 0.1) is 25.2 Å². The number of carbonyl (C=O) groups is 5. The zero-order chi connectivity index (χ0) is 40.9. The van der Waals surface area contributed by atoms with Crippen molar-refractivity contribution in [1.82, 2.24) is 26.2 Å². The standard InChI is InChI=1S/C40H51N9O7/c1-23-5-8-28(24(2)19-23)37(51)47-31(11-12-41)40(54)49(4)35-27-7-10-34(56-18-15-44)30(22-27)29-20-26(6-9-33(29)55-17-14-43)21-32(38(52)45-16-13-42)48-36(50)25(3)46-39(35)53/h5-10,19-20,22,25,31-32,35H,11-12,14-18,21,41,43-44H2,1-4H3,(H,45,52)(H,46,53)(H,47,51)(H,48,50)/t25-,31-,32-,35-/m0/s1. The number of hydrogen-bond donors (Lipinski definition) is 7. The zero-order valence-electron chi connectivity index (χ0n) is 32.1. The van der Waals surface area contributed by atoms with Crippen LogP contribution < -0.4 is 47.9 Å². The molecule has 0 unspecified atom stereocenters. The number of benzene rings is 3. The van der Waals surface area contributed by atoms with Gasteiger partial charge in [-0.05, 0) is 80.8 Å². The van der Waals surface area contributed by atoms with Gasteiger partial charge in [-0.15, -0.1) is 0 Å². The second-order valence-electron chi connectivity index (χ2n) is 13.5. The fourth-order valence-electron chi connectivity index (χ4n) is 6.43. The summed E-state index contributed by atoms with van der Waals surface area (Å²) < 4.78 is 12.1. The molecule has 16 heteroatoms. The molecule has 1 aliphatic rings. The maximum absolute atomic E-state index is 14.4. The van der Waals surface area contributed by atoms with E-state index in [4.69, 9.17) is 31.9 Å². The van der Waals surface area contributed by atoms with Crippen molar-refractivity contribution in [2.75, 3.05) is 46.4 Å². The number of likely N-dealkylation sites (N-methyl/N-ethyl adjacent to an activating group) is 1. The van der Waals surface area contributed by atoms with E-state index in [-0.39, 0.29) is 52.2 Å². The molecule has 16 nitrogen and oxygen atoms in total. The highest BCUT2D eigenvalue weighted by Crippen LogP contribution is 2.40. The Labute approximate surface area is 326 Å². The van der Waals surface area contributed by atoms with Crippen molar-refractivity contribution in [1.29, 1.82) is 5.26 Å². The first kappa shape index (κ1) is 42.7. The summed E-state index contributed by atoms with van der Waals surface area (Å²) in [4.78, 5) is 70.3. The van der Waals surface area contributed by atoms with Crippen LogP contribution in [0.25, 0.3) is 11.1 Å². The normalized spacial score (nSPS) is 17.2. The van der Waals surface area contributed by atoms with E-state index in [9.17, 15) is 24.0 Å². The minimum atomic E-state index is -1.35. The van der Waals surface area contributed by atoms with Crippen molar-refractivity contribution in [2.45, 2.75) is 57.8 Å². The van der Waals surface area contributed by atoms with Crippen LogP contribution in [0.2, 0.25) is 0 Å². The van der Waals surface area contributed by atoms with Gasteiger partial charge in [0.25, 0.3) is 5.91 Å². The Morgan fingerprint density at radius 1 is 0.911 bits per heavy atom. The number of nitriles is 1. The summed E-state index contributed by atoms with van der Waals surface area (Å²) in [6.07, 6.45) is 0.0801. The van der Waals surface area contributed by atoms with Crippen LogP contribution in [-0.4, -0.2) is 99.0 Å². The van der Waals surface area contributed by atoms with Crippen molar-refractivity contribution in [2.24, 2.45) is 17.2 Å². The molecule has 0 radical (unpaired) electrons. The third kappa shape index (κ3) is 10.6. The number of fused-ring (bicyclic) bond motifs is 5. The molecule has 0 aliphatic carbocycles. The van der Waals surface area contributed by atoms with Crippen molar-refractivity contribution in [3.05, 3.63) is 82.4 Å². The van der Waals surface area contributed by atoms with E-state index < -0.39 is 53.7 Å². The summed E-state index contributed by atoms with van der Waals surface area (Å²) in [7, 11) is 1.43.